The molecule has 0 aliphatic heterocycles. The van der Waals surface area contributed by atoms with E-state index in [0.717, 1.165) is 0 Å². The van der Waals surface area contributed by atoms with Crippen molar-refractivity contribution in [1.82, 2.24) is 9.13 Å². The third-order valence-corrected chi connectivity index (χ3v) is 2.44. The molecule has 0 radical (unpaired) electrons. The van der Waals surface area contributed by atoms with Crippen molar-refractivity contribution in [3.8, 4) is 0 Å². The topological polar surface area (TPSA) is 44.0 Å². The van der Waals surface area contributed by atoms with Gasteiger partial charge in [-0.25, -0.2) is 4.79 Å². The molecule has 84 valence electrons. The van der Waals surface area contributed by atoms with Crippen LogP contribution in [0, 0.1) is 0 Å². The SMILES string of the molecule is CC(C)c1cn(C)c(=O)n(C(C)C)c1=O. The molecule has 4 heteroatoms. The Bertz CT molecular complexity index is 466. The van der Waals surface area contributed by atoms with Crippen molar-refractivity contribution in [1.29, 1.82) is 0 Å². The fourth-order valence-electron chi connectivity index (χ4n) is 1.57. The molecule has 0 unspecified atom stereocenters. The predicted octanol–water partition coefficient (Wildman–Crippen LogP) is 1.25. The summed E-state index contributed by atoms with van der Waals surface area (Å²) in [5, 5.41) is 0. The van der Waals surface area contributed by atoms with E-state index < -0.39 is 0 Å². The zero-order chi connectivity index (χ0) is 11.7. The number of nitrogens with zero attached hydrogens (tertiary/aromatic N) is 2. The minimum atomic E-state index is -0.251. The quantitative estimate of drug-likeness (QED) is 0.737. The second-order valence-electron chi connectivity index (χ2n) is 4.40. The standard InChI is InChI=1S/C11H18N2O2/c1-7(2)9-6-12(5)11(15)13(8(3)4)10(9)14/h6-8H,1-5H3. The summed E-state index contributed by atoms with van der Waals surface area (Å²) < 4.78 is 2.77. The number of hydrogen-bond acceptors (Lipinski definition) is 2. The van der Waals surface area contributed by atoms with Gasteiger partial charge in [-0.2, -0.15) is 0 Å². The zero-order valence-electron chi connectivity index (χ0n) is 9.94. The van der Waals surface area contributed by atoms with Crippen molar-refractivity contribution >= 4 is 0 Å². The van der Waals surface area contributed by atoms with Crippen LogP contribution in [0.2, 0.25) is 0 Å². The molecule has 0 aliphatic rings. The van der Waals surface area contributed by atoms with E-state index in [1.807, 2.05) is 27.7 Å². The zero-order valence-corrected chi connectivity index (χ0v) is 9.94. The molecule has 0 aliphatic carbocycles. The summed E-state index contributed by atoms with van der Waals surface area (Å²) in [7, 11) is 1.67. The molecule has 4 nitrogen and oxygen atoms in total. The van der Waals surface area contributed by atoms with Crippen molar-refractivity contribution in [2.45, 2.75) is 39.7 Å². The van der Waals surface area contributed by atoms with Gasteiger partial charge in [-0.3, -0.25) is 9.36 Å². The molecule has 0 N–H and O–H groups in total. The lowest BCUT2D eigenvalue weighted by Gasteiger charge is -2.14. The van der Waals surface area contributed by atoms with Gasteiger partial charge < -0.3 is 4.57 Å². The molecular weight excluding hydrogens is 192 g/mol. The summed E-state index contributed by atoms with van der Waals surface area (Å²) in [6, 6.07) is -0.102. The van der Waals surface area contributed by atoms with Crippen LogP contribution in [0.3, 0.4) is 0 Å². The molecule has 0 bridgehead atoms. The lowest BCUT2D eigenvalue weighted by atomic mass is 10.1. The van der Waals surface area contributed by atoms with Crippen LogP contribution in [-0.4, -0.2) is 9.13 Å². The molecule has 0 amide bonds. The normalized spacial score (nSPS) is 11.4. The van der Waals surface area contributed by atoms with Gasteiger partial charge in [0.05, 0.1) is 0 Å². The summed E-state index contributed by atoms with van der Waals surface area (Å²) in [6.07, 6.45) is 1.63. The molecule has 0 fully saturated rings. The van der Waals surface area contributed by atoms with Gasteiger partial charge in [-0.1, -0.05) is 13.8 Å². The molecule has 0 atom stereocenters. The monoisotopic (exact) mass is 210 g/mol. The van der Waals surface area contributed by atoms with Crippen LogP contribution >= 0.6 is 0 Å². The Balaban J connectivity index is 3.65. The number of aromatic nitrogens is 2. The van der Waals surface area contributed by atoms with E-state index in [9.17, 15) is 9.59 Å². The van der Waals surface area contributed by atoms with Crippen molar-refractivity contribution in [3.05, 3.63) is 32.6 Å². The Morgan fingerprint density at radius 1 is 1.13 bits per heavy atom. The second-order valence-corrected chi connectivity index (χ2v) is 4.40. The summed E-state index contributed by atoms with van der Waals surface area (Å²) >= 11 is 0. The van der Waals surface area contributed by atoms with Crippen molar-refractivity contribution in [2.75, 3.05) is 0 Å². The lowest BCUT2D eigenvalue weighted by molar-refractivity contribution is 0.511. The number of rotatable bonds is 2. The molecule has 15 heavy (non-hydrogen) atoms. The lowest BCUT2D eigenvalue weighted by Crippen LogP contribution is -2.41. The molecule has 0 aromatic carbocycles. The number of hydrogen-bond donors (Lipinski definition) is 0. The van der Waals surface area contributed by atoms with E-state index in [0.29, 0.717) is 5.56 Å². The van der Waals surface area contributed by atoms with Gasteiger partial charge >= 0.3 is 5.69 Å². The molecular formula is C11H18N2O2. The van der Waals surface area contributed by atoms with Gasteiger partial charge in [0.15, 0.2) is 0 Å². The molecule has 1 aromatic heterocycles. The van der Waals surface area contributed by atoms with Crippen LogP contribution in [0.1, 0.15) is 45.2 Å². The first-order chi connectivity index (χ1) is 6.86. The maximum atomic E-state index is 12.0. The fourth-order valence-corrected chi connectivity index (χ4v) is 1.57. The fraction of sp³-hybridized carbons (Fsp3) is 0.636. The average molecular weight is 210 g/mol. The van der Waals surface area contributed by atoms with Crippen LogP contribution in [0.4, 0.5) is 0 Å². The van der Waals surface area contributed by atoms with Gasteiger partial charge in [-0.05, 0) is 19.8 Å². The first kappa shape index (κ1) is 11.8. The third kappa shape index (κ3) is 2.03. The molecule has 0 spiro atoms. The second kappa shape index (κ2) is 4.04. The van der Waals surface area contributed by atoms with Gasteiger partial charge in [0, 0.05) is 24.8 Å². The Labute approximate surface area is 89.2 Å². The van der Waals surface area contributed by atoms with E-state index >= 15 is 0 Å². The highest BCUT2D eigenvalue weighted by Gasteiger charge is 2.13. The molecule has 0 saturated carbocycles. The van der Waals surface area contributed by atoms with Crippen molar-refractivity contribution in [3.63, 3.8) is 0 Å². The van der Waals surface area contributed by atoms with Crippen LogP contribution in [0.25, 0.3) is 0 Å². The Kier molecular flexibility index (Phi) is 3.17. The first-order valence-corrected chi connectivity index (χ1v) is 5.18. The van der Waals surface area contributed by atoms with E-state index in [1.54, 1.807) is 13.2 Å². The van der Waals surface area contributed by atoms with E-state index in [4.69, 9.17) is 0 Å². The average Bonchev–Trinajstić information content (AvgIpc) is 2.10. The van der Waals surface area contributed by atoms with Gasteiger partial charge in [0.2, 0.25) is 0 Å². The van der Waals surface area contributed by atoms with Crippen LogP contribution < -0.4 is 11.2 Å². The van der Waals surface area contributed by atoms with Crippen molar-refractivity contribution in [2.24, 2.45) is 7.05 Å². The van der Waals surface area contributed by atoms with Crippen LogP contribution in [0.15, 0.2) is 15.8 Å². The Morgan fingerprint density at radius 3 is 2.07 bits per heavy atom. The van der Waals surface area contributed by atoms with Gasteiger partial charge in [-0.15, -0.1) is 0 Å². The van der Waals surface area contributed by atoms with Crippen LogP contribution in [-0.2, 0) is 7.05 Å². The summed E-state index contributed by atoms with van der Waals surface area (Å²) in [6.45, 7) is 7.58. The highest BCUT2D eigenvalue weighted by atomic mass is 16.2. The van der Waals surface area contributed by atoms with Gasteiger partial charge in [0.1, 0.15) is 0 Å². The molecule has 0 saturated heterocycles. The Hall–Kier alpha value is -1.32. The highest BCUT2D eigenvalue weighted by Crippen LogP contribution is 2.08. The highest BCUT2D eigenvalue weighted by molar-refractivity contribution is 5.10. The van der Waals surface area contributed by atoms with E-state index in [2.05, 4.69) is 0 Å². The van der Waals surface area contributed by atoms with Crippen molar-refractivity contribution < 1.29 is 0 Å². The summed E-state index contributed by atoms with van der Waals surface area (Å²) in [4.78, 5) is 23.7. The largest absolute Gasteiger partial charge is 0.330 e. The minimum Gasteiger partial charge on any atom is -0.303 e. The van der Waals surface area contributed by atoms with E-state index in [-0.39, 0.29) is 23.2 Å². The smallest absolute Gasteiger partial charge is 0.303 e. The maximum absolute atomic E-state index is 12.0. The van der Waals surface area contributed by atoms with Gasteiger partial charge in [0.25, 0.3) is 5.56 Å². The molecule has 1 heterocycles. The third-order valence-electron chi connectivity index (χ3n) is 2.44. The number of aryl methyl sites for hydroxylation is 1. The maximum Gasteiger partial charge on any atom is 0.330 e. The Morgan fingerprint density at radius 2 is 1.67 bits per heavy atom. The minimum absolute atomic E-state index is 0.102. The van der Waals surface area contributed by atoms with E-state index in [1.165, 1.54) is 9.13 Å². The van der Waals surface area contributed by atoms with Crippen LogP contribution in [0.5, 0.6) is 0 Å². The molecule has 1 aromatic rings. The summed E-state index contributed by atoms with van der Waals surface area (Å²) in [5.41, 5.74) is 0.272. The predicted molar refractivity (Wildman–Crippen MR) is 60.4 cm³/mol. The molecule has 1 rings (SSSR count). The first-order valence-electron chi connectivity index (χ1n) is 5.18. The summed E-state index contributed by atoms with van der Waals surface area (Å²) in [5.74, 6) is 0.134.